The number of carbonyl (C=O) groups is 6. The second kappa shape index (κ2) is 14.1. The first-order chi connectivity index (χ1) is 22.4. The van der Waals surface area contributed by atoms with Crippen molar-refractivity contribution in [2.75, 3.05) is 0 Å². The Morgan fingerprint density at radius 1 is 0.958 bits per heavy atom. The molecule has 0 amide bonds. The molecule has 0 radical (unpaired) electrons. The van der Waals surface area contributed by atoms with E-state index >= 15 is 0 Å². The van der Waals surface area contributed by atoms with Crippen molar-refractivity contribution in [3.63, 3.8) is 0 Å². The number of epoxide rings is 1. The Hall–Kier alpha value is -4.17. The molecule has 1 aromatic rings. The third kappa shape index (κ3) is 7.44. The van der Waals surface area contributed by atoms with Crippen molar-refractivity contribution in [1.29, 1.82) is 0 Å². The summed E-state index contributed by atoms with van der Waals surface area (Å²) in [5.41, 5.74) is -2.84. The van der Waals surface area contributed by atoms with Crippen LogP contribution < -0.4 is 0 Å². The molecule has 1 aromatic heterocycles. The van der Waals surface area contributed by atoms with Gasteiger partial charge in [0.2, 0.25) is 0 Å². The van der Waals surface area contributed by atoms with Gasteiger partial charge in [-0.3, -0.25) is 33.8 Å². The van der Waals surface area contributed by atoms with Crippen LogP contribution in [0.15, 0.2) is 36.7 Å². The first-order valence-electron chi connectivity index (χ1n) is 15.8. The highest BCUT2D eigenvalue weighted by atomic mass is 17.2. The SMILES string of the molecule is C=C1C(OC(C)=O)CC(OOC(=O)c2cccnc2)C(C)(C)C2OC2C(C)C(=O)C2(OC(C)=O)CC(C)C(OC(C)=O)C2C1OC(C)=O. The first kappa shape index (κ1) is 36.7. The Balaban J connectivity index is 1.88. The molecule has 10 unspecified atom stereocenters. The number of pyridine rings is 1. The van der Waals surface area contributed by atoms with Gasteiger partial charge in [-0.25, -0.2) is 4.79 Å². The lowest BCUT2D eigenvalue weighted by Crippen LogP contribution is -2.58. The Morgan fingerprint density at radius 2 is 1.60 bits per heavy atom. The van der Waals surface area contributed by atoms with Crippen LogP contribution >= 0.6 is 0 Å². The van der Waals surface area contributed by atoms with Crippen LogP contribution in [0.3, 0.4) is 0 Å². The molecule has 14 nitrogen and oxygen atoms in total. The van der Waals surface area contributed by atoms with Crippen LogP contribution in [0.5, 0.6) is 0 Å². The number of aromatic nitrogens is 1. The van der Waals surface area contributed by atoms with Crippen LogP contribution in [-0.4, -0.2) is 82.8 Å². The van der Waals surface area contributed by atoms with Crippen molar-refractivity contribution in [2.45, 2.75) is 110 Å². The quantitative estimate of drug-likeness (QED) is 0.103. The molecule has 4 rings (SSSR count). The molecule has 3 aliphatic rings. The number of hydrogen-bond donors (Lipinski definition) is 0. The lowest BCUT2D eigenvalue weighted by atomic mass is 9.70. The number of nitrogens with zero attached hydrogens (tertiary/aromatic N) is 1. The van der Waals surface area contributed by atoms with E-state index < -0.39 is 101 Å². The highest BCUT2D eigenvalue weighted by Crippen LogP contribution is 2.54. The van der Waals surface area contributed by atoms with Gasteiger partial charge in [-0.05, 0) is 18.1 Å². The van der Waals surface area contributed by atoms with Gasteiger partial charge in [0.15, 0.2) is 11.4 Å². The molecule has 0 N–H and O–H groups in total. The lowest BCUT2D eigenvalue weighted by Gasteiger charge is -2.42. The fraction of sp³-hybridized carbons (Fsp3) is 0.618. The zero-order valence-corrected chi connectivity index (χ0v) is 28.4. The van der Waals surface area contributed by atoms with Gasteiger partial charge < -0.3 is 23.7 Å². The number of ether oxygens (including phenoxy) is 5. The predicted molar refractivity (Wildman–Crippen MR) is 163 cm³/mol. The highest BCUT2D eigenvalue weighted by Gasteiger charge is 2.68. The van der Waals surface area contributed by atoms with Gasteiger partial charge in [0, 0.05) is 69.8 Å². The van der Waals surface area contributed by atoms with Gasteiger partial charge in [0.1, 0.15) is 24.4 Å². The summed E-state index contributed by atoms with van der Waals surface area (Å²) in [7, 11) is 0. The molecular weight excluding hydrogens is 630 g/mol. The molecule has 262 valence electrons. The third-order valence-electron chi connectivity index (χ3n) is 9.39. The van der Waals surface area contributed by atoms with Crippen molar-refractivity contribution in [3.8, 4) is 0 Å². The molecule has 10 atom stereocenters. The standard InChI is InChI=1S/C34H43NO13/c1-16-14-34(46-22(7)39)26(27(16)43-20(5)37)28(44-21(6)38)17(2)24(42-19(4)36)13-25(47-48-32(41)23-11-10-12-35-15-23)33(8,9)31-29(45-31)18(3)30(34)40/h10-12,15-16,18,24-29,31H,2,13-14H2,1,3-9H3. The van der Waals surface area contributed by atoms with Crippen LogP contribution in [0, 0.1) is 23.2 Å². The van der Waals surface area contributed by atoms with Gasteiger partial charge in [0.05, 0.1) is 23.7 Å². The Bertz CT molecular complexity index is 1460. The second-order valence-corrected chi connectivity index (χ2v) is 13.4. The van der Waals surface area contributed by atoms with Crippen molar-refractivity contribution in [2.24, 2.45) is 23.2 Å². The van der Waals surface area contributed by atoms with E-state index in [0.29, 0.717) is 0 Å². The van der Waals surface area contributed by atoms with E-state index in [4.69, 9.17) is 33.5 Å². The van der Waals surface area contributed by atoms with Crippen LogP contribution in [0.1, 0.15) is 78.6 Å². The molecule has 1 saturated heterocycles. The van der Waals surface area contributed by atoms with Crippen LogP contribution in [-0.2, 0) is 57.4 Å². The summed E-state index contributed by atoms with van der Waals surface area (Å²) >= 11 is 0. The minimum atomic E-state index is -1.95. The summed E-state index contributed by atoms with van der Waals surface area (Å²) in [6.45, 7) is 15.7. The number of esters is 4. The van der Waals surface area contributed by atoms with Crippen LogP contribution in [0.25, 0.3) is 0 Å². The minimum Gasteiger partial charge on any atom is -0.462 e. The highest BCUT2D eigenvalue weighted by molar-refractivity contribution is 5.93. The molecule has 2 aliphatic carbocycles. The zero-order valence-electron chi connectivity index (χ0n) is 28.4. The number of rotatable bonds is 7. The van der Waals surface area contributed by atoms with Gasteiger partial charge in [-0.2, -0.15) is 4.89 Å². The molecule has 1 aliphatic heterocycles. The maximum Gasteiger partial charge on any atom is 0.374 e. The topological polar surface area (TPSA) is 183 Å². The van der Waals surface area contributed by atoms with E-state index in [1.165, 1.54) is 32.3 Å². The Morgan fingerprint density at radius 3 is 2.17 bits per heavy atom. The second-order valence-electron chi connectivity index (χ2n) is 13.4. The van der Waals surface area contributed by atoms with E-state index in [1.54, 1.807) is 33.8 Å². The normalized spacial score (nSPS) is 34.2. The molecule has 14 heteroatoms. The fourth-order valence-corrected chi connectivity index (χ4v) is 7.16. The molecule has 0 spiro atoms. The summed E-state index contributed by atoms with van der Waals surface area (Å²) in [5, 5.41) is 0. The van der Waals surface area contributed by atoms with Crippen molar-refractivity contribution in [1.82, 2.24) is 4.98 Å². The molecule has 3 fully saturated rings. The van der Waals surface area contributed by atoms with Crippen molar-refractivity contribution < 1.29 is 62.2 Å². The minimum absolute atomic E-state index is 0.00884. The molecule has 0 aromatic carbocycles. The lowest BCUT2D eigenvalue weighted by molar-refractivity contribution is -0.302. The summed E-state index contributed by atoms with van der Waals surface area (Å²) in [6.07, 6.45) is -3.69. The number of ketones is 1. The van der Waals surface area contributed by atoms with E-state index in [1.807, 2.05) is 0 Å². The van der Waals surface area contributed by atoms with Crippen LogP contribution in [0.2, 0.25) is 0 Å². The van der Waals surface area contributed by atoms with Crippen molar-refractivity contribution in [3.05, 3.63) is 42.2 Å². The average molecular weight is 674 g/mol. The van der Waals surface area contributed by atoms with Gasteiger partial charge in [-0.1, -0.05) is 34.3 Å². The Kier molecular flexibility index (Phi) is 10.8. The third-order valence-corrected chi connectivity index (χ3v) is 9.39. The summed E-state index contributed by atoms with van der Waals surface area (Å²) in [4.78, 5) is 92.9. The first-order valence-corrected chi connectivity index (χ1v) is 15.8. The van der Waals surface area contributed by atoms with Gasteiger partial charge in [-0.15, -0.1) is 0 Å². The fourth-order valence-electron chi connectivity index (χ4n) is 7.16. The molecular formula is C34H43NO13. The maximum atomic E-state index is 14.7. The van der Waals surface area contributed by atoms with E-state index in [2.05, 4.69) is 11.6 Å². The van der Waals surface area contributed by atoms with E-state index in [-0.39, 0.29) is 24.0 Å². The number of fused-ring (bicyclic) bond motifs is 2. The Labute approximate surface area is 278 Å². The molecule has 48 heavy (non-hydrogen) atoms. The molecule has 0 bridgehead atoms. The number of Topliss-reactive ketones (excluding diaryl/α,β-unsaturated/α-hetero) is 1. The van der Waals surface area contributed by atoms with Crippen molar-refractivity contribution >= 4 is 35.6 Å². The van der Waals surface area contributed by atoms with Crippen LogP contribution in [0.4, 0.5) is 0 Å². The predicted octanol–water partition coefficient (Wildman–Crippen LogP) is 3.25. The average Bonchev–Trinajstić information content (AvgIpc) is 3.77. The smallest absolute Gasteiger partial charge is 0.374 e. The van der Waals surface area contributed by atoms with Gasteiger partial charge in [0.25, 0.3) is 0 Å². The number of carbonyl (C=O) groups excluding carboxylic acids is 6. The summed E-state index contributed by atoms with van der Waals surface area (Å²) in [6, 6.07) is 3.04. The summed E-state index contributed by atoms with van der Waals surface area (Å²) < 4.78 is 29.4. The molecule has 2 saturated carbocycles. The van der Waals surface area contributed by atoms with E-state index in [9.17, 15) is 28.8 Å². The van der Waals surface area contributed by atoms with E-state index in [0.717, 1.165) is 13.8 Å². The summed E-state index contributed by atoms with van der Waals surface area (Å²) in [5.74, 6) is -7.11. The zero-order chi connectivity index (χ0) is 35.7. The number of hydrogen-bond acceptors (Lipinski definition) is 14. The monoisotopic (exact) mass is 673 g/mol. The largest absolute Gasteiger partial charge is 0.462 e. The molecule has 2 heterocycles. The maximum absolute atomic E-state index is 14.7. The van der Waals surface area contributed by atoms with Gasteiger partial charge >= 0.3 is 29.8 Å².